The number of ether oxygens (including phenoxy) is 1. The Balaban J connectivity index is 2.00. The molecule has 0 fully saturated rings. The van der Waals surface area contributed by atoms with Crippen molar-refractivity contribution in [1.29, 1.82) is 0 Å². The third-order valence-electron chi connectivity index (χ3n) is 4.46. The topological polar surface area (TPSA) is 67.0 Å². The molecule has 0 spiro atoms. The number of aromatic amines is 1. The third-order valence-corrected chi connectivity index (χ3v) is 4.46. The Morgan fingerprint density at radius 2 is 2.04 bits per heavy atom. The fraction of sp³-hybridized carbons (Fsp3) is 0.222. The zero-order valence-corrected chi connectivity index (χ0v) is 13.4. The molecule has 24 heavy (non-hydrogen) atoms. The van der Waals surface area contributed by atoms with Gasteiger partial charge in [0.25, 0.3) is 0 Å². The number of nitrogens with one attached hydrogen (secondary N) is 2. The molecule has 4 rings (SSSR count). The third kappa shape index (κ3) is 2.14. The van der Waals surface area contributed by atoms with E-state index in [-0.39, 0.29) is 11.4 Å². The molecule has 0 saturated heterocycles. The monoisotopic (exact) mass is 325 g/mol. The van der Waals surface area contributed by atoms with Crippen molar-refractivity contribution in [2.45, 2.75) is 13.8 Å². The summed E-state index contributed by atoms with van der Waals surface area (Å²) >= 11 is 0. The maximum atomic E-state index is 15.0. The highest BCUT2D eigenvalue weighted by Crippen LogP contribution is 2.38. The number of rotatable bonds is 1. The van der Waals surface area contributed by atoms with E-state index < -0.39 is 0 Å². The van der Waals surface area contributed by atoms with Gasteiger partial charge in [-0.2, -0.15) is 0 Å². The molecule has 5 nitrogen and oxygen atoms in total. The molecule has 6 heteroatoms. The van der Waals surface area contributed by atoms with E-state index in [0.29, 0.717) is 46.5 Å². The van der Waals surface area contributed by atoms with Crippen molar-refractivity contribution in [3.05, 3.63) is 51.8 Å². The van der Waals surface area contributed by atoms with Crippen LogP contribution >= 0.6 is 0 Å². The van der Waals surface area contributed by atoms with Crippen molar-refractivity contribution >= 4 is 16.5 Å². The molecule has 3 heterocycles. The molecule has 3 aromatic rings. The fourth-order valence-corrected chi connectivity index (χ4v) is 3.16. The predicted molar refractivity (Wildman–Crippen MR) is 91.2 cm³/mol. The number of hydrogen-bond acceptors (Lipinski definition) is 4. The number of aromatic nitrogens is 2. The molecule has 0 radical (unpaired) electrons. The summed E-state index contributed by atoms with van der Waals surface area (Å²) in [4.78, 5) is 18.5. The summed E-state index contributed by atoms with van der Waals surface area (Å²) in [6, 6.07) is 3.18. The van der Waals surface area contributed by atoms with E-state index in [4.69, 9.17) is 4.74 Å². The first-order chi connectivity index (χ1) is 11.6. The van der Waals surface area contributed by atoms with Crippen LogP contribution in [-0.4, -0.2) is 23.1 Å². The Hall–Kier alpha value is -2.89. The molecule has 122 valence electrons. The highest BCUT2D eigenvalue weighted by molar-refractivity contribution is 5.91. The van der Waals surface area contributed by atoms with Crippen molar-refractivity contribution in [3.8, 4) is 17.0 Å². The van der Waals surface area contributed by atoms with Crippen LogP contribution in [0.4, 0.5) is 10.1 Å². The fourth-order valence-electron chi connectivity index (χ4n) is 3.16. The highest BCUT2D eigenvalue weighted by atomic mass is 19.1. The van der Waals surface area contributed by atoms with Crippen LogP contribution in [0.2, 0.25) is 0 Å². The van der Waals surface area contributed by atoms with Gasteiger partial charge < -0.3 is 15.0 Å². The normalized spacial score (nSPS) is 13.3. The van der Waals surface area contributed by atoms with Gasteiger partial charge in [0.15, 0.2) is 0 Å². The van der Waals surface area contributed by atoms with Crippen molar-refractivity contribution in [3.63, 3.8) is 0 Å². The molecule has 0 amide bonds. The van der Waals surface area contributed by atoms with Gasteiger partial charge in [-0.15, -0.1) is 0 Å². The van der Waals surface area contributed by atoms with Crippen molar-refractivity contribution < 1.29 is 9.13 Å². The lowest BCUT2D eigenvalue weighted by molar-refractivity contribution is 0.310. The lowest BCUT2D eigenvalue weighted by Crippen LogP contribution is -2.20. The van der Waals surface area contributed by atoms with Crippen LogP contribution in [0.15, 0.2) is 29.3 Å². The second-order valence-electron chi connectivity index (χ2n) is 5.92. The largest absolute Gasteiger partial charge is 0.474 e. The smallest absolute Gasteiger partial charge is 0.248 e. The molecule has 0 aliphatic carbocycles. The molecular formula is C18H16FN3O2. The predicted octanol–water partition coefficient (Wildman–Crippen LogP) is 3.15. The van der Waals surface area contributed by atoms with Gasteiger partial charge in [-0.3, -0.25) is 4.79 Å². The van der Waals surface area contributed by atoms with Gasteiger partial charge in [-0.25, -0.2) is 9.37 Å². The van der Waals surface area contributed by atoms with Gasteiger partial charge in [0, 0.05) is 41.5 Å². The zero-order valence-electron chi connectivity index (χ0n) is 13.4. The van der Waals surface area contributed by atoms with Crippen LogP contribution in [0.25, 0.3) is 21.9 Å². The minimum Gasteiger partial charge on any atom is -0.474 e. The molecule has 1 aliphatic heterocycles. The van der Waals surface area contributed by atoms with E-state index in [1.54, 1.807) is 25.4 Å². The van der Waals surface area contributed by atoms with E-state index in [9.17, 15) is 9.18 Å². The summed E-state index contributed by atoms with van der Waals surface area (Å²) < 4.78 is 20.5. The highest BCUT2D eigenvalue weighted by Gasteiger charge is 2.20. The van der Waals surface area contributed by atoms with E-state index >= 15 is 0 Å². The number of hydrogen-bond donors (Lipinski definition) is 2. The molecule has 1 aromatic carbocycles. The molecule has 2 aromatic heterocycles. The number of nitrogens with zero attached hydrogens (tertiary/aromatic N) is 1. The lowest BCUT2D eigenvalue weighted by Gasteiger charge is -2.22. The Labute approximate surface area is 137 Å². The zero-order chi connectivity index (χ0) is 16.8. The molecule has 0 bridgehead atoms. The number of benzene rings is 1. The van der Waals surface area contributed by atoms with Gasteiger partial charge in [-0.1, -0.05) is 0 Å². The van der Waals surface area contributed by atoms with Gasteiger partial charge in [0.05, 0.1) is 0 Å². The number of pyridine rings is 2. The van der Waals surface area contributed by atoms with Crippen molar-refractivity contribution in [2.75, 3.05) is 18.5 Å². The molecule has 2 N–H and O–H groups in total. The maximum absolute atomic E-state index is 15.0. The molecular weight excluding hydrogens is 309 g/mol. The first-order valence-corrected chi connectivity index (χ1v) is 7.74. The first-order valence-electron chi connectivity index (χ1n) is 7.74. The average Bonchev–Trinajstić information content (AvgIpc) is 2.59. The molecule has 0 saturated carbocycles. The van der Waals surface area contributed by atoms with Crippen LogP contribution in [0.1, 0.15) is 11.1 Å². The second kappa shape index (κ2) is 5.33. The van der Waals surface area contributed by atoms with Crippen LogP contribution in [0.5, 0.6) is 5.88 Å². The number of H-pyrrole nitrogens is 1. The Morgan fingerprint density at radius 3 is 2.88 bits per heavy atom. The standard InChI is InChI=1S/C18H16FN3O2/c1-9-13-7-21-15(23)6-11(13)5-12(16(9)19)14-8-22-18-17(10(14)2)20-3-4-24-18/h5-8,20H,3-4H2,1-2H3,(H,21,23). The summed E-state index contributed by atoms with van der Waals surface area (Å²) in [6.45, 7) is 4.87. The maximum Gasteiger partial charge on any atom is 0.248 e. The quantitative estimate of drug-likeness (QED) is 0.721. The van der Waals surface area contributed by atoms with Crippen LogP contribution in [0, 0.1) is 19.7 Å². The van der Waals surface area contributed by atoms with E-state index in [2.05, 4.69) is 15.3 Å². The summed E-state index contributed by atoms with van der Waals surface area (Å²) in [7, 11) is 0. The number of anilines is 1. The molecule has 0 unspecified atom stereocenters. The molecule has 0 atom stereocenters. The van der Waals surface area contributed by atoms with Gasteiger partial charge in [0.1, 0.15) is 18.1 Å². The molecule has 1 aliphatic rings. The van der Waals surface area contributed by atoms with Crippen molar-refractivity contribution in [2.24, 2.45) is 0 Å². The van der Waals surface area contributed by atoms with Crippen LogP contribution < -0.4 is 15.6 Å². The average molecular weight is 325 g/mol. The van der Waals surface area contributed by atoms with E-state index in [1.165, 1.54) is 6.07 Å². The number of aryl methyl sites for hydroxylation is 1. The lowest BCUT2D eigenvalue weighted by atomic mass is 9.95. The van der Waals surface area contributed by atoms with Gasteiger partial charge in [0.2, 0.25) is 11.4 Å². The van der Waals surface area contributed by atoms with E-state index in [1.807, 2.05) is 6.92 Å². The minimum absolute atomic E-state index is 0.213. The summed E-state index contributed by atoms with van der Waals surface area (Å²) in [6.07, 6.45) is 3.17. The minimum atomic E-state index is -0.309. The van der Waals surface area contributed by atoms with Crippen LogP contribution in [0.3, 0.4) is 0 Å². The number of halogens is 1. The summed E-state index contributed by atoms with van der Waals surface area (Å²) in [5.74, 6) is 0.230. The van der Waals surface area contributed by atoms with E-state index in [0.717, 1.165) is 11.3 Å². The Morgan fingerprint density at radius 1 is 1.21 bits per heavy atom. The Bertz CT molecular complexity index is 1030. The van der Waals surface area contributed by atoms with Gasteiger partial charge >= 0.3 is 0 Å². The Kier molecular flexibility index (Phi) is 3.26. The summed E-state index contributed by atoms with van der Waals surface area (Å²) in [5.41, 5.74) is 3.08. The first kappa shape index (κ1) is 14.7. The summed E-state index contributed by atoms with van der Waals surface area (Å²) in [5, 5.41) is 4.65. The number of fused-ring (bicyclic) bond motifs is 2. The van der Waals surface area contributed by atoms with Crippen molar-refractivity contribution in [1.82, 2.24) is 9.97 Å². The van der Waals surface area contributed by atoms with Gasteiger partial charge in [-0.05, 0) is 36.4 Å². The SMILES string of the molecule is Cc1c(-c2cc3cc(=O)[nH]cc3c(C)c2F)cnc2c1NCCO2. The second-order valence-corrected chi connectivity index (χ2v) is 5.92. The van der Waals surface area contributed by atoms with Crippen LogP contribution in [-0.2, 0) is 0 Å².